The lowest BCUT2D eigenvalue weighted by molar-refractivity contribution is -0.105. The molecule has 1 fully saturated rings. The number of carbonyl (C=O) groups is 2. The summed E-state index contributed by atoms with van der Waals surface area (Å²) in [6, 6.07) is 23.4. The predicted octanol–water partition coefficient (Wildman–Crippen LogP) is 4.80. The van der Waals surface area contributed by atoms with Gasteiger partial charge in [0.2, 0.25) is 6.41 Å². The van der Waals surface area contributed by atoms with Gasteiger partial charge >= 0.3 is 0 Å². The molecule has 2 aliphatic rings. The number of anilines is 3. The molecule has 2 amide bonds. The van der Waals surface area contributed by atoms with Crippen LogP contribution in [0.25, 0.3) is 0 Å². The maximum Gasteiger partial charge on any atom is 0.256 e. The van der Waals surface area contributed by atoms with Crippen molar-refractivity contribution < 1.29 is 9.59 Å². The lowest BCUT2D eigenvalue weighted by Crippen LogP contribution is -2.48. The summed E-state index contributed by atoms with van der Waals surface area (Å²) in [5.74, 6) is -0.0816. The third-order valence-electron chi connectivity index (χ3n) is 6.37. The van der Waals surface area contributed by atoms with Crippen molar-refractivity contribution in [3.63, 3.8) is 0 Å². The van der Waals surface area contributed by atoms with Gasteiger partial charge in [0, 0.05) is 43.1 Å². The van der Waals surface area contributed by atoms with Crippen LogP contribution in [0.4, 0.5) is 17.1 Å². The van der Waals surface area contributed by atoms with Gasteiger partial charge in [0.1, 0.15) is 6.07 Å². The molecule has 1 saturated heterocycles. The number of carbonyl (C=O) groups excluding carboxylic acids is 2. The minimum absolute atomic E-state index is 0.0342. The van der Waals surface area contributed by atoms with E-state index in [9.17, 15) is 14.9 Å². The van der Waals surface area contributed by atoms with Crippen molar-refractivity contribution in [1.29, 1.82) is 5.26 Å². The summed E-state index contributed by atoms with van der Waals surface area (Å²) in [6.07, 6.45) is 2.36. The van der Waals surface area contributed by atoms with Crippen LogP contribution in [0.3, 0.4) is 0 Å². The molecule has 2 heterocycles. The van der Waals surface area contributed by atoms with Crippen molar-refractivity contribution in [1.82, 2.24) is 4.90 Å². The lowest BCUT2D eigenvalue weighted by atomic mass is 9.93. The van der Waals surface area contributed by atoms with Crippen molar-refractivity contribution in [2.24, 2.45) is 0 Å². The summed E-state index contributed by atoms with van der Waals surface area (Å²) < 4.78 is 0. The zero-order valence-electron chi connectivity index (χ0n) is 20.3. The number of benzene rings is 3. The number of nitrogens with zero attached hydrogens (tertiary/aromatic N) is 3. The Morgan fingerprint density at radius 2 is 1.69 bits per heavy atom. The molecule has 0 spiro atoms. The number of hydrogen-bond acceptors (Lipinski definition) is 5. The lowest BCUT2D eigenvalue weighted by Gasteiger charge is -2.41. The summed E-state index contributed by atoms with van der Waals surface area (Å²) in [5.41, 5.74) is 5.65. The van der Waals surface area contributed by atoms with E-state index in [-0.39, 0.29) is 11.9 Å². The quantitative estimate of drug-likeness (QED) is 0.415. The number of rotatable bonds is 4. The molecule has 7 nitrogen and oxygen atoms in total. The van der Waals surface area contributed by atoms with Crippen LogP contribution in [-0.2, 0) is 4.79 Å². The van der Waals surface area contributed by atoms with E-state index in [1.54, 1.807) is 12.1 Å². The summed E-state index contributed by atoms with van der Waals surface area (Å²) in [4.78, 5) is 28.2. The zero-order chi connectivity index (χ0) is 25.5. The van der Waals surface area contributed by atoms with Gasteiger partial charge in [0.15, 0.2) is 0 Å². The van der Waals surface area contributed by atoms with Gasteiger partial charge in [-0.2, -0.15) is 5.26 Å². The second kappa shape index (κ2) is 11.3. The first kappa shape index (κ1) is 24.7. The summed E-state index contributed by atoms with van der Waals surface area (Å²) in [5, 5.41) is 15.3. The molecule has 0 bridgehead atoms. The monoisotopic (exact) mass is 479 g/mol. The van der Waals surface area contributed by atoms with Crippen molar-refractivity contribution in [3.05, 3.63) is 102 Å². The molecule has 2 aliphatic heterocycles. The van der Waals surface area contributed by atoms with Crippen LogP contribution < -0.4 is 15.5 Å². The Kier molecular flexibility index (Phi) is 7.79. The SMILES string of the molecule is C=CC.N#Cc1cc(NC=O)ccc1N1CCN(C2c3ccccc3NC(=O)c3ccccc32)CC1. The minimum Gasteiger partial charge on any atom is -0.368 e. The zero-order valence-corrected chi connectivity index (χ0v) is 20.3. The molecule has 1 atom stereocenters. The summed E-state index contributed by atoms with van der Waals surface area (Å²) in [7, 11) is 0. The van der Waals surface area contributed by atoms with E-state index in [2.05, 4.69) is 39.1 Å². The van der Waals surface area contributed by atoms with E-state index in [4.69, 9.17) is 0 Å². The minimum atomic E-state index is -0.0816. The highest BCUT2D eigenvalue weighted by Crippen LogP contribution is 2.39. The Morgan fingerprint density at radius 1 is 1.03 bits per heavy atom. The van der Waals surface area contributed by atoms with Gasteiger partial charge in [-0.15, -0.1) is 6.58 Å². The van der Waals surface area contributed by atoms with Crippen LogP contribution in [0.2, 0.25) is 0 Å². The topological polar surface area (TPSA) is 88.5 Å². The molecule has 3 aromatic carbocycles. The van der Waals surface area contributed by atoms with Gasteiger partial charge in [-0.3, -0.25) is 14.5 Å². The molecule has 36 heavy (non-hydrogen) atoms. The first-order valence-electron chi connectivity index (χ1n) is 11.9. The fourth-order valence-electron chi connectivity index (χ4n) is 4.82. The third kappa shape index (κ3) is 4.99. The fraction of sp³-hybridized carbons (Fsp3) is 0.207. The van der Waals surface area contributed by atoms with Crippen LogP contribution in [0.15, 0.2) is 79.4 Å². The van der Waals surface area contributed by atoms with Gasteiger partial charge in [-0.1, -0.05) is 42.5 Å². The number of hydrogen-bond donors (Lipinski definition) is 2. The normalized spacial score (nSPS) is 16.6. The number of piperazine rings is 1. The van der Waals surface area contributed by atoms with E-state index >= 15 is 0 Å². The van der Waals surface area contributed by atoms with Gasteiger partial charge < -0.3 is 15.5 Å². The van der Waals surface area contributed by atoms with Crippen molar-refractivity contribution in [2.45, 2.75) is 13.0 Å². The standard InChI is InChI=1S/C26H23N5O2.C3H6/c27-16-18-15-19(28-17-32)9-10-24(18)30-11-13-31(14-12-30)25-20-5-1-2-6-21(20)26(33)29-23-8-4-3-7-22(23)25;1-3-2/h1-10,15,17,25H,11-14H2,(H,28,32)(H,29,33);3H,1H2,2H3. The van der Waals surface area contributed by atoms with Gasteiger partial charge in [0.25, 0.3) is 5.91 Å². The number of para-hydroxylation sites is 1. The van der Waals surface area contributed by atoms with Crippen LogP contribution in [0.5, 0.6) is 0 Å². The molecule has 5 rings (SSSR count). The largest absolute Gasteiger partial charge is 0.368 e. The molecule has 1 unspecified atom stereocenters. The molecule has 182 valence electrons. The maximum absolute atomic E-state index is 12.9. The van der Waals surface area contributed by atoms with Crippen molar-refractivity contribution in [3.8, 4) is 6.07 Å². The highest BCUT2D eigenvalue weighted by Gasteiger charge is 2.33. The predicted molar refractivity (Wildman–Crippen MR) is 143 cm³/mol. The maximum atomic E-state index is 12.9. The van der Waals surface area contributed by atoms with Crippen LogP contribution in [0.1, 0.15) is 40.0 Å². The second-order valence-electron chi connectivity index (χ2n) is 8.57. The molecule has 3 aromatic rings. The van der Waals surface area contributed by atoms with E-state index in [0.717, 1.165) is 48.7 Å². The average molecular weight is 480 g/mol. The molecule has 2 N–H and O–H groups in total. The Morgan fingerprint density at radius 3 is 2.39 bits per heavy atom. The highest BCUT2D eigenvalue weighted by atomic mass is 16.1. The van der Waals surface area contributed by atoms with Gasteiger partial charge in [-0.25, -0.2) is 0 Å². The molecule has 0 radical (unpaired) electrons. The Hall–Kier alpha value is -4.41. The van der Waals surface area contributed by atoms with E-state index in [1.807, 2.05) is 61.5 Å². The molecule has 0 aliphatic carbocycles. The Balaban J connectivity index is 0.000000967. The average Bonchev–Trinajstić information content (AvgIpc) is 3.03. The van der Waals surface area contributed by atoms with E-state index in [1.165, 1.54) is 0 Å². The van der Waals surface area contributed by atoms with Crippen LogP contribution >= 0.6 is 0 Å². The number of fused-ring (bicyclic) bond motifs is 2. The number of amides is 2. The summed E-state index contributed by atoms with van der Waals surface area (Å²) in [6.45, 7) is 8.30. The molecule has 0 aromatic heterocycles. The van der Waals surface area contributed by atoms with Crippen LogP contribution in [0, 0.1) is 11.3 Å². The first-order chi connectivity index (χ1) is 17.6. The molecular formula is C29H29N5O2. The molecule has 0 saturated carbocycles. The molecular weight excluding hydrogens is 450 g/mol. The van der Waals surface area contributed by atoms with Crippen LogP contribution in [-0.4, -0.2) is 43.4 Å². The number of allylic oxidation sites excluding steroid dienone is 1. The van der Waals surface area contributed by atoms with Crippen molar-refractivity contribution in [2.75, 3.05) is 41.7 Å². The second-order valence-corrected chi connectivity index (χ2v) is 8.57. The Labute approximate surface area is 211 Å². The smallest absolute Gasteiger partial charge is 0.256 e. The van der Waals surface area contributed by atoms with Gasteiger partial charge in [-0.05, 0) is 48.4 Å². The van der Waals surface area contributed by atoms with E-state index in [0.29, 0.717) is 23.2 Å². The fourth-order valence-corrected chi connectivity index (χ4v) is 4.82. The summed E-state index contributed by atoms with van der Waals surface area (Å²) >= 11 is 0. The molecule has 7 heteroatoms. The number of nitrogens with one attached hydrogen (secondary N) is 2. The van der Waals surface area contributed by atoms with Crippen molar-refractivity contribution >= 4 is 29.4 Å². The third-order valence-corrected chi connectivity index (χ3v) is 6.37. The number of nitriles is 1. The Bertz CT molecular complexity index is 1310. The van der Waals surface area contributed by atoms with Gasteiger partial charge in [0.05, 0.1) is 17.3 Å². The highest BCUT2D eigenvalue weighted by molar-refractivity contribution is 6.07. The first-order valence-corrected chi connectivity index (χ1v) is 11.9. The van der Waals surface area contributed by atoms with E-state index < -0.39 is 0 Å².